The monoisotopic (exact) mass is 513 g/mol. The van der Waals surface area contributed by atoms with E-state index in [2.05, 4.69) is 55.6 Å². The van der Waals surface area contributed by atoms with E-state index in [4.69, 9.17) is 16.2 Å². The lowest BCUT2D eigenvalue weighted by Gasteiger charge is -2.29. The predicted octanol–water partition coefficient (Wildman–Crippen LogP) is 4.60. The van der Waals surface area contributed by atoms with E-state index in [9.17, 15) is 4.79 Å². The number of hydrogen-bond acceptors (Lipinski definition) is 7. The molecule has 1 amide bonds. The molecule has 1 aliphatic rings. The third-order valence-electron chi connectivity index (χ3n) is 7.25. The van der Waals surface area contributed by atoms with Gasteiger partial charge in [-0.1, -0.05) is 31.0 Å². The zero-order chi connectivity index (χ0) is 26.5. The van der Waals surface area contributed by atoms with Crippen LogP contribution in [-0.4, -0.2) is 39.6 Å². The van der Waals surface area contributed by atoms with Gasteiger partial charge in [-0.25, -0.2) is 4.98 Å². The number of rotatable bonds is 10. The Labute approximate surface area is 222 Å². The van der Waals surface area contributed by atoms with Crippen LogP contribution in [0.2, 0.25) is 0 Å². The van der Waals surface area contributed by atoms with Gasteiger partial charge in [-0.2, -0.15) is 4.98 Å². The Balaban J connectivity index is 1.34. The first kappa shape index (κ1) is 25.5. The number of primary amides is 1. The van der Waals surface area contributed by atoms with Gasteiger partial charge < -0.3 is 31.4 Å². The molecule has 1 aliphatic carbocycles. The van der Waals surface area contributed by atoms with E-state index in [0.29, 0.717) is 11.8 Å². The number of nitrogens with two attached hydrogens (primary N) is 2. The summed E-state index contributed by atoms with van der Waals surface area (Å²) in [5, 5.41) is 7.73. The summed E-state index contributed by atoms with van der Waals surface area (Å²) in [5.41, 5.74) is 15.4. The number of benzene rings is 2. The molecule has 0 saturated heterocycles. The van der Waals surface area contributed by atoms with E-state index in [1.54, 1.807) is 7.11 Å². The second kappa shape index (κ2) is 11.5. The van der Waals surface area contributed by atoms with Crippen LogP contribution in [0.15, 0.2) is 60.9 Å². The largest absolute Gasteiger partial charge is 0.497 e. The highest BCUT2D eigenvalue weighted by molar-refractivity contribution is 6.00. The number of amides is 1. The maximum Gasteiger partial charge on any atom is 0.254 e. The molecule has 5 rings (SSSR count). The number of ether oxygens (including phenoxy) is 1. The van der Waals surface area contributed by atoms with Crippen LogP contribution in [0, 0.1) is 0 Å². The van der Waals surface area contributed by atoms with Crippen LogP contribution in [0.3, 0.4) is 0 Å². The Morgan fingerprint density at radius 2 is 2.00 bits per heavy atom. The van der Waals surface area contributed by atoms with Crippen LogP contribution in [0.25, 0.3) is 10.9 Å². The van der Waals surface area contributed by atoms with Crippen molar-refractivity contribution >= 4 is 34.3 Å². The summed E-state index contributed by atoms with van der Waals surface area (Å²) in [6, 6.07) is 16.5. The van der Waals surface area contributed by atoms with Crippen LogP contribution in [0.1, 0.15) is 48.0 Å². The third kappa shape index (κ3) is 5.73. The Kier molecular flexibility index (Phi) is 7.74. The van der Waals surface area contributed by atoms with Crippen LogP contribution in [0.4, 0.5) is 17.5 Å². The highest BCUT2D eigenvalue weighted by Crippen LogP contribution is 2.29. The van der Waals surface area contributed by atoms with E-state index in [1.807, 2.05) is 24.3 Å². The molecule has 6 N–H and O–H groups in total. The number of fused-ring (bicyclic) bond motifs is 1. The van der Waals surface area contributed by atoms with Gasteiger partial charge in [-0.15, -0.1) is 0 Å². The smallest absolute Gasteiger partial charge is 0.254 e. The first-order chi connectivity index (χ1) is 18.5. The summed E-state index contributed by atoms with van der Waals surface area (Å²) in [6.07, 6.45) is 9.71. The van der Waals surface area contributed by atoms with E-state index in [1.165, 1.54) is 11.8 Å². The van der Waals surface area contributed by atoms with Crippen molar-refractivity contribution in [3.63, 3.8) is 0 Å². The number of carbonyl (C=O) groups excluding carboxylic acids is 1. The van der Waals surface area contributed by atoms with Gasteiger partial charge in [0.2, 0.25) is 5.95 Å². The molecule has 2 atom stereocenters. The maximum absolute atomic E-state index is 12.2. The Morgan fingerprint density at radius 3 is 2.82 bits per heavy atom. The lowest BCUT2D eigenvalue weighted by molar-refractivity contribution is 0.100. The molecule has 38 heavy (non-hydrogen) atoms. The van der Waals surface area contributed by atoms with Crippen molar-refractivity contribution in [3.05, 3.63) is 72.1 Å². The fourth-order valence-electron chi connectivity index (χ4n) is 5.17. The zero-order valence-electron chi connectivity index (χ0n) is 21.7. The minimum Gasteiger partial charge on any atom is -0.497 e. The van der Waals surface area contributed by atoms with E-state index >= 15 is 0 Å². The Morgan fingerprint density at radius 1 is 1.16 bits per heavy atom. The molecule has 2 heterocycles. The number of anilines is 3. The number of aryl methyl sites for hydroxylation is 2. The minimum atomic E-state index is -0.587. The van der Waals surface area contributed by atoms with Crippen LogP contribution in [-0.2, 0) is 13.0 Å². The molecule has 1 fully saturated rings. The molecule has 9 heteroatoms. The van der Waals surface area contributed by atoms with Crippen LogP contribution in [0.5, 0.6) is 5.75 Å². The molecule has 9 nitrogen and oxygen atoms in total. The summed E-state index contributed by atoms with van der Waals surface area (Å²) in [7, 11) is 1.69. The molecule has 0 bridgehead atoms. The first-order valence-corrected chi connectivity index (χ1v) is 13.2. The summed E-state index contributed by atoms with van der Waals surface area (Å²) in [4.78, 5) is 21.1. The first-order valence-electron chi connectivity index (χ1n) is 13.2. The van der Waals surface area contributed by atoms with Crippen molar-refractivity contribution in [1.29, 1.82) is 0 Å². The van der Waals surface area contributed by atoms with Crippen molar-refractivity contribution in [3.8, 4) is 5.75 Å². The molecule has 0 radical (unpaired) electrons. The van der Waals surface area contributed by atoms with Crippen molar-refractivity contribution in [2.75, 3.05) is 17.7 Å². The van der Waals surface area contributed by atoms with Gasteiger partial charge in [0, 0.05) is 42.1 Å². The van der Waals surface area contributed by atoms with Gasteiger partial charge in [0.05, 0.1) is 12.6 Å². The molecule has 198 valence electrons. The SMILES string of the molecule is COc1cccc(CCCn2ccc3c(Nc4nc(NC5CCCCC5N)ncc4C(N)=O)cccc32)c1. The number of nitrogens with zero attached hydrogens (tertiary/aromatic N) is 3. The molecule has 0 aliphatic heterocycles. The van der Waals surface area contributed by atoms with Crippen LogP contribution < -0.4 is 26.8 Å². The fourth-order valence-corrected chi connectivity index (χ4v) is 5.17. The second-order valence-corrected chi connectivity index (χ2v) is 9.85. The molecule has 2 aromatic carbocycles. The summed E-state index contributed by atoms with van der Waals surface area (Å²) in [6.45, 7) is 0.875. The normalized spacial score (nSPS) is 17.3. The number of carbonyl (C=O) groups is 1. The average Bonchev–Trinajstić information content (AvgIpc) is 3.34. The van der Waals surface area contributed by atoms with E-state index < -0.39 is 5.91 Å². The number of hydrogen-bond donors (Lipinski definition) is 4. The van der Waals surface area contributed by atoms with Gasteiger partial charge in [-0.05, 0) is 61.6 Å². The lowest BCUT2D eigenvalue weighted by Crippen LogP contribution is -2.43. The van der Waals surface area contributed by atoms with Gasteiger partial charge in [-0.3, -0.25) is 4.79 Å². The third-order valence-corrected chi connectivity index (χ3v) is 7.25. The quantitative estimate of drug-likeness (QED) is 0.244. The average molecular weight is 514 g/mol. The van der Waals surface area contributed by atoms with Crippen molar-refractivity contribution < 1.29 is 9.53 Å². The second-order valence-electron chi connectivity index (χ2n) is 9.85. The van der Waals surface area contributed by atoms with E-state index in [0.717, 1.165) is 67.4 Å². The molecule has 2 unspecified atom stereocenters. The summed E-state index contributed by atoms with van der Waals surface area (Å²) in [5.74, 6) is 1.10. The van der Waals surface area contributed by atoms with Gasteiger partial charge >= 0.3 is 0 Å². The molecule has 1 saturated carbocycles. The van der Waals surface area contributed by atoms with Gasteiger partial charge in [0.1, 0.15) is 17.1 Å². The lowest BCUT2D eigenvalue weighted by atomic mass is 9.91. The highest BCUT2D eigenvalue weighted by Gasteiger charge is 2.23. The predicted molar refractivity (Wildman–Crippen MR) is 151 cm³/mol. The van der Waals surface area contributed by atoms with Gasteiger partial charge in [0.15, 0.2) is 0 Å². The number of nitrogens with one attached hydrogen (secondary N) is 2. The maximum atomic E-state index is 12.2. The molecule has 4 aromatic rings. The number of methoxy groups -OCH3 is 1. The minimum absolute atomic E-state index is 0.0528. The van der Waals surface area contributed by atoms with Gasteiger partial charge in [0.25, 0.3) is 5.91 Å². The summed E-state index contributed by atoms with van der Waals surface area (Å²) < 4.78 is 7.58. The molecule has 0 spiro atoms. The molecular formula is C29H35N7O2. The topological polar surface area (TPSA) is 133 Å². The standard InChI is InChI=1S/C29H35N7O2/c1-38-20-9-4-7-19(17-20)8-6-15-36-16-14-21-24(12-5-13-26(21)36)33-28-22(27(31)37)18-32-29(35-28)34-25-11-3-2-10-23(25)30/h4-5,7,9,12-14,16-18,23,25H,2-3,6,8,10-11,15,30H2,1H3,(H2,31,37)(H2,32,33,34,35). The fraction of sp³-hybridized carbons (Fsp3) is 0.345. The summed E-state index contributed by atoms with van der Waals surface area (Å²) >= 11 is 0. The molecular weight excluding hydrogens is 478 g/mol. The van der Waals surface area contributed by atoms with Crippen molar-refractivity contribution in [2.45, 2.75) is 57.2 Å². The van der Waals surface area contributed by atoms with Crippen LogP contribution >= 0.6 is 0 Å². The Hall–Kier alpha value is -4.11. The highest BCUT2D eigenvalue weighted by atomic mass is 16.5. The Bertz CT molecular complexity index is 1420. The number of aromatic nitrogens is 3. The van der Waals surface area contributed by atoms with Crippen molar-refractivity contribution in [1.82, 2.24) is 14.5 Å². The molecule has 2 aromatic heterocycles. The van der Waals surface area contributed by atoms with Crippen molar-refractivity contribution in [2.24, 2.45) is 11.5 Å². The van der Waals surface area contributed by atoms with E-state index in [-0.39, 0.29) is 17.6 Å². The zero-order valence-corrected chi connectivity index (χ0v) is 21.7.